The van der Waals surface area contributed by atoms with Gasteiger partial charge in [0.05, 0.1) is 18.6 Å². The van der Waals surface area contributed by atoms with E-state index in [1.54, 1.807) is 6.26 Å². The van der Waals surface area contributed by atoms with E-state index >= 15 is 0 Å². The molecule has 22 heavy (non-hydrogen) atoms. The highest BCUT2D eigenvalue weighted by atomic mass is 16.5. The summed E-state index contributed by atoms with van der Waals surface area (Å²) in [5.41, 5.74) is 1.22. The average molecular weight is 304 g/mol. The van der Waals surface area contributed by atoms with Crippen molar-refractivity contribution < 1.29 is 13.9 Å². The van der Waals surface area contributed by atoms with Gasteiger partial charge < -0.3 is 14.1 Å². The minimum Gasteiger partial charge on any atom is -0.472 e. The largest absolute Gasteiger partial charge is 0.472 e. The molecule has 4 heterocycles. The van der Waals surface area contributed by atoms with Crippen LogP contribution in [0.4, 0.5) is 0 Å². The summed E-state index contributed by atoms with van der Waals surface area (Å²) in [6, 6.07) is 2.48. The highest BCUT2D eigenvalue weighted by Crippen LogP contribution is 2.33. The van der Waals surface area contributed by atoms with Crippen LogP contribution in [0.3, 0.4) is 0 Å². The van der Waals surface area contributed by atoms with Crippen LogP contribution in [0, 0.1) is 0 Å². The van der Waals surface area contributed by atoms with E-state index in [1.807, 2.05) is 17.2 Å². The zero-order chi connectivity index (χ0) is 14.9. The van der Waals surface area contributed by atoms with Gasteiger partial charge in [0.25, 0.3) is 5.91 Å². The quantitative estimate of drug-likeness (QED) is 0.857. The Kier molecular flexibility index (Phi) is 3.92. The van der Waals surface area contributed by atoms with E-state index in [-0.39, 0.29) is 18.1 Å². The number of hydrogen-bond acceptors (Lipinski definition) is 4. The lowest BCUT2D eigenvalue weighted by Gasteiger charge is -2.36. The monoisotopic (exact) mass is 304 g/mol. The fourth-order valence-electron chi connectivity index (χ4n) is 4.15. The van der Waals surface area contributed by atoms with Gasteiger partial charge in [0.1, 0.15) is 6.10 Å². The third kappa shape index (κ3) is 2.68. The molecular formula is C17H24N2O3. The lowest BCUT2D eigenvalue weighted by Crippen LogP contribution is -2.48. The van der Waals surface area contributed by atoms with Gasteiger partial charge in [-0.05, 0) is 38.2 Å². The van der Waals surface area contributed by atoms with Crippen LogP contribution in [-0.4, -0.2) is 53.6 Å². The fraction of sp³-hybridized carbons (Fsp3) is 0.706. The van der Waals surface area contributed by atoms with Crippen LogP contribution in [-0.2, 0) is 16.1 Å². The summed E-state index contributed by atoms with van der Waals surface area (Å²) < 4.78 is 11.3. The minimum atomic E-state index is -0.201. The van der Waals surface area contributed by atoms with Crippen LogP contribution < -0.4 is 0 Å². The third-order valence-corrected chi connectivity index (χ3v) is 5.32. The topological polar surface area (TPSA) is 45.9 Å². The normalized spacial score (nSPS) is 32.4. The lowest BCUT2D eigenvalue weighted by atomic mass is 9.98. The molecule has 3 atom stereocenters. The van der Waals surface area contributed by atoms with Crippen molar-refractivity contribution in [2.45, 2.75) is 56.9 Å². The maximum Gasteiger partial charge on any atom is 0.251 e. The number of rotatable bonds is 3. The zero-order valence-electron chi connectivity index (χ0n) is 12.9. The predicted octanol–water partition coefficient (Wildman–Crippen LogP) is 2.02. The Hall–Kier alpha value is -1.33. The molecule has 3 aliphatic heterocycles. The van der Waals surface area contributed by atoms with Crippen LogP contribution in [0.15, 0.2) is 23.0 Å². The standard InChI is InChI=1S/C17H24N2O3/c20-17(18-7-1-2-8-18)16-4-3-14-15(22-16)5-9-19(14)11-13-6-10-21-12-13/h6,10,12,14-16H,1-5,7-9,11H2/t14-,15-,16-/m0/s1. The van der Waals surface area contributed by atoms with Crippen molar-refractivity contribution in [1.82, 2.24) is 9.80 Å². The molecule has 5 heteroatoms. The summed E-state index contributed by atoms with van der Waals surface area (Å²) in [5, 5.41) is 0. The van der Waals surface area contributed by atoms with Crippen LogP contribution in [0.2, 0.25) is 0 Å². The summed E-state index contributed by atoms with van der Waals surface area (Å²) in [6.07, 6.45) is 8.80. The highest BCUT2D eigenvalue weighted by molar-refractivity contribution is 5.81. The molecule has 4 rings (SSSR count). The van der Waals surface area contributed by atoms with Gasteiger partial charge in [0.15, 0.2) is 0 Å². The van der Waals surface area contributed by atoms with Gasteiger partial charge in [0.2, 0.25) is 0 Å². The van der Waals surface area contributed by atoms with Crippen LogP contribution in [0.25, 0.3) is 0 Å². The summed E-state index contributed by atoms with van der Waals surface area (Å²) in [7, 11) is 0. The molecule has 0 saturated carbocycles. The second kappa shape index (κ2) is 6.05. The highest BCUT2D eigenvalue weighted by Gasteiger charge is 2.42. The van der Waals surface area contributed by atoms with Gasteiger partial charge in [-0.2, -0.15) is 0 Å². The number of nitrogens with zero attached hydrogens (tertiary/aromatic N) is 2. The van der Waals surface area contributed by atoms with E-state index in [2.05, 4.69) is 4.90 Å². The Morgan fingerprint density at radius 2 is 2.05 bits per heavy atom. The van der Waals surface area contributed by atoms with Crippen molar-refractivity contribution in [3.63, 3.8) is 0 Å². The lowest BCUT2D eigenvalue weighted by molar-refractivity contribution is -0.153. The molecule has 120 valence electrons. The van der Waals surface area contributed by atoms with Crippen LogP contribution in [0.1, 0.15) is 37.7 Å². The molecule has 0 radical (unpaired) electrons. The van der Waals surface area contributed by atoms with Crippen molar-refractivity contribution in [3.8, 4) is 0 Å². The minimum absolute atomic E-state index is 0.201. The molecule has 3 saturated heterocycles. The van der Waals surface area contributed by atoms with E-state index in [1.165, 1.54) is 5.56 Å². The number of likely N-dealkylation sites (tertiary alicyclic amines) is 2. The molecule has 5 nitrogen and oxygen atoms in total. The molecule has 0 N–H and O–H groups in total. The number of ether oxygens (including phenoxy) is 1. The first-order chi connectivity index (χ1) is 10.8. The number of carbonyl (C=O) groups excluding carboxylic acids is 1. The first kappa shape index (κ1) is 14.3. The molecule has 3 fully saturated rings. The van der Waals surface area contributed by atoms with Crippen molar-refractivity contribution in [1.29, 1.82) is 0 Å². The van der Waals surface area contributed by atoms with Crippen LogP contribution >= 0.6 is 0 Å². The van der Waals surface area contributed by atoms with Crippen molar-refractivity contribution >= 4 is 5.91 Å². The molecule has 1 aromatic rings. The van der Waals surface area contributed by atoms with Gasteiger partial charge in [-0.25, -0.2) is 0 Å². The van der Waals surface area contributed by atoms with Gasteiger partial charge >= 0.3 is 0 Å². The molecule has 0 unspecified atom stereocenters. The van der Waals surface area contributed by atoms with E-state index in [0.29, 0.717) is 6.04 Å². The maximum absolute atomic E-state index is 12.5. The van der Waals surface area contributed by atoms with Gasteiger partial charge in [-0.3, -0.25) is 9.69 Å². The van der Waals surface area contributed by atoms with Crippen molar-refractivity contribution in [3.05, 3.63) is 24.2 Å². The summed E-state index contributed by atoms with van der Waals surface area (Å²) in [4.78, 5) is 17.0. The summed E-state index contributed by atoms with van der Waals surface area (Å²) >= 11 is 0. The SMILES string of the molecule is O=C([C@@H]1CC[C@H]2[C@H](CCN2Cc2ccoc2)O1)N1CCCC1. The molecule has 0 aliphatic carbocycles. The van der Waals surface area contributed by atoms with E-state index in [4.69, 9.17) is 9.15 Å². The Bertz CT molecular complexity index is 510. The molecule has 0 aromatic carbocycles. The molecule has 1 amide bonds. The average Bonchev–Trinajstić information content (AvgIpc) is 3.29. The van der Waals surface area contributed by atoms with E-state index in [0.717, 1.165) is 58.3 Å². The maximum atomic E-state index is 12.5. The fourth-order valence-corrected chi connectivity index (χ4v) is 4.15. The second-order valence-electron chi connectivity index (χ2n) is 6.73. The molecule has 3 aliphatic rings. The predicted molar refractivity (Wildman–Crippen MR) is 81.2 cm³/mol. The number of furan rings is 1. The number of carbonyl (C=O) groups is 1. The summed E-state index contributed by atoms with van der Waals surface area (Å²) in [5.74, 6) is 0.226. The summed E-state index contributed by atoms with van der Waals surface area (Å²) in [6.45, 7) is 3.80. The smallest absolute Gasteiger partial charge is 0.251 e. The van der Waals surface area contributed by atoms with Gasteiger partial charge in [0, 0.05) is 37.8 Å². The van der Waals surface area contributed by atoms with Gasteiger partial charge in [-0.1, -0.05) is 0 Å². The number of amides is 1. The number of hydrogen-bond donors (Lipinski definition) is 0. The second-order valence-corrected chi connectivity index (χ2v) is 6.73. The Labute approximate surface area is 131 Å². The molecular weight excluding hydrogens is 280 g/mol. The first-order valence-electron chi connectivity index (χ1n) is 8.50. The molecule has 1 aromatic heterocycles. The van der Waals surface area contributed by atoms with Gasteiger partial charge in [-0.15, -0.1) is 0 Å². The molecule has 0 bridgehead atoms. The number of fused-ring (bicyclic) bond motifs is 1. The zero-order valence-corrected chi connectivity index (χ0v) is 12.9. The van der Waals surface area contributed by atoms with E-state index in [9.17, 15) is 4.79 Å². The van der Waals surface area contributed by atoms with Crippen molar-refractivity contribution in [2.24, 2.45) is 0 Å². The van der Waals surface area contributed by atoms with Crippen molar-refractivity contribution in [2.75, 3.05) is 19.6 Å². The Morgan fingerprint density at radius 1 is 1.18 bits per heavy atom. The van der Waals surface area contributed by atoms with Crippen LogP contribution in [0.5, 0.6) is 0 Å². The Balaban J connectivity index is 1.36. The van der Waals surface area contributed by atoms with E-state index < -0.39 is 0 Å². The first-order valence-corrected chi connectivity index (χ1v) is 8.50. The molecule has 0 spiro atoms. The third-order valence-electron chi connectivity index (χ3n) is 5.32. The Morgan fingerprint density at radius 3 is 2.82 bits per heavy atom.